The maximum absolute atomic E-state index is 13.7. The minimum absolute atomic E-state index is 0.136. The third-order valence-electron chi connectivity index (χ3n) is 2.85. The number of alkyl halides is 11. The van der Waals surface area contributed by atoms with Crippen LogP contribution in [0.15, 0.2) is 0 Å². The average molecular weight is 414 g/mol. The van der Waals surface area contributed by atoms with Gasteiger partial charge in [-0.15, -0.1) is 0 Å². The van der Waals surface area contributed by atoms with E-state index in [1.165, 1.54) is 0 Å². The van der Waals surface area contributed by atoms with Gasteiger partial charge in [0, 0.05) is 0 Å². The molecular formula is C12H13F11O3. The first-order valence-corrected chi connectivity index (χ1v) is 6.89. The summed E-state index contributed by atoms with van der Waals surface area (Å²) in [5.74, 6) is -16.7. The zero-order chi connectivity index (χ0) is 21.0. The van der Waals surface area contributed by atoms with Gasteiger partial charge in [0.15, 0.2) is 0 Å². The van der Waals surface area contributed by atoms with Gasteiger partial charge in [-0.2, -0.15) is 48.3 Å². The molecule has 0 fully saturated rings. The first kappa shape index (κ1) is 24.7. The molecule has 0 aliphatic carbocycles. The molecule has 0 amide bonds. The lowest BCUT2D eigenvalue weighted by Gasteiger charge is -2.33. The molecule has 0 bridgehead atoms. The standard InChI is InChI=1S/C12H13F11O3/c1-2-3-4-5-6-25-7(24)8(13,10(16,17)18)26-12(22,23)9(14,15)11(19,20)21/h2-6H2,1H3/t8-/m0/s1. The van der Waals surface area contributed by atoms with Gasteiger partial charge in [-0.1, -0.05) is 26.2 Å². The summed E-state index contributed by atoms with van der Waals surface area (Å²) in [6.07, 6.45) is -19.6. The topological polar surface area (TPSA) is 35.5 Å². The Morgan fingerprint density at radius 2 is 1.27 bits per heavy atom. The van der Waals surface area contributed by atoms with Gasteiger partial charge in [-0.25, -0.2) is 4.79 Å². The molecule has 0 heterocycles. The Kier molecular flexibility index (Phi) is 7.71. The molecule has 0 aliphatic rings. The van der Waals surface area contributed by atoms with Crippen molar-refractivity contribution in [2.75, 3.05) is 6.61 Å². The second-order valence-electron chi connectivity index (χ2n) is 4.98. The Labute approximate surface area is 139 Å². The molecule has 0 aliphatic heterocycles. The molecule has 0 aromatic rings. The summed E-state index contributed by atoms with van der Waals surface area (Å²) in [5.41, 5.74) is 0. The van der Waals surface area contributed by atoms with Crippen LogP contribution in [0.5, 0.6) is 0 Å². The molecule has 0 aromatic heterocycles. The Morgan fingerprint density at radius 3 is 1.65 bits per heavy atom. The van der Waals surface area contributed by atoms with Crippen molar-refractivity contribution >= 4 is 5.97 Å². The van der Waals surface area contributed by atoms with Crippen molar-refractivity contribution in [3.63, 3.8) is 0 Å². The molecule has 26 heavy (non-hydrogen) atoms. The molecule has 0 N–H and O–H groups in total. The maximum Gasteiger partial charge on any atom is 0.462 e. The highest BCUT2D eigenvalue weighted by Gasteiger charge is 2.80. The Balaban J connectivity index is 5.47. The minimum Gasteiger partial charge on any atom is -0.461 e. The van der Waals surface area contributed by atoms with Gasteiger partial charge in [-0.05, 0) is 6.42 Å². The Hall–Kier alpha value is -1.34. The van der Waals surface area contributed by atoms with Crippen LogP contribution < -0.4 is 0 Å². The zero-order valence-electron chi connectivity index (χ0n) is 12.9. The lowest BCUT2D eigenvalue weighted by Crippen LogP contribution is -2.61. The van der Waals surface area contributed by atoms with Gasteiger partial charge in [0.1, 0.15) is 0 Å². The number of carbonyl (C=O) groups is 1. The Bertz CT molecular complexity index is 472. The lowest BCUT2D eigenvalue weighted by molar-refractivity contribution is -0.475. The molecule has 0 radical (unpaired) electrons. The van der Waals surface area contributed by atoms with Crippen molar-refractivity contribution in [1.82, 2.24) is 0 Å². The molecule has 0 spiro atoms. The lowest BCUT2D eigenvalue weighted by atomic mass is 10.2. The van der Waals surface area contributed by atoms with Crippen molar-refractivity contribution in [1.29, 1.82) is 0 Å². The largest absolute Gasteiger partial charge is 0.462 e. The van der Waals surface area contributed by atoms with Crippen LogP contribution in [0.3, 0.4) is 0 Å². The van der Waals surface area contributed by atoms with Crippen LogP contribution in [0, 0.1) is 0 Å². The van der Waals surface area contributed by atoms with Crippen molar-refractivity contribution < 1.29 is 62.6 Å². The zero-order valence-corrected chi connectivity index (χ0v) is 12.9. The summed E-state index contributed by atoms with van der Waals surface area (Å²) in [7, 11) is 0. The summed E-state index contributed by atoms with van der Waals surface area (Å²) >= 11 is 0. The quantitative estimate of drug-likeness (QED) is 0.298. The fourth-order valence-electron chi connectivity index (χ4n) is 1.41. The van der Waals surface area contributed by atoms with Crippen LogP contribution >= 0.6 is 0 Å². The van der Waals surface area contributed by atoms with E-state index in [0.717, 1.165) is 0 Å². The number of esters is 1. The van der Waals surface area contributed by atoms with E-state index in [-0.39, 0.29) is 12.8 Å². The molecule has 156 valence electrons. The van der Waals surface area contributed by atoms with Crippen LogP contribution in [0.1, 0.15) is 32.6 Å². The van der Waals surface area contributed by atoms with E-state index < -0.39 is 42.8 Å². The van der Waals surface area contributed by atoms with Crippen molar-refractivity contribution in [2.45, 2.75) is 62.8 Å². The maximum atomic E-state index is 13.7. The normalized spacial score (nSPS) is 16.3. The fourth-order valence-corrected chi connectivity index (χ4v) is 1.41. The second kappa shape index (κ2) is 8.13. The first-order valence-electron chi connectivity index (χ1n) is 6.89. The molecule has 1 atom stereocenters. The van der Waals surface area contributed by atoms with Crippen LogP contribution in [0.2, 0.25) is 0 Å². The van der Waals surface area contributed by atoms with Crippen molar-refractivity contribution in [3.8, 4) is 0 Å². The predicted molar refractivity (Wildman–Crippen MR) is 62.0 cm³/mol. The highest BCUT2D eigenvalue weighted by molar-refractivity contribution is 5.78. The van der Waals surface area contributed by atoms with E-state index >= 15 is 0 Å². The van der Waals surface area contributed by atoms with E-state index in [2.05, 4.69) is 9.47 Å². The third kappa shape index (κ3) is 5.33. The van der Waals surface area contributed by atoms with Crippen molar-refractivity contribution in [3.05, 3.63) is 0 Å². The number of unbranched alkanes of at least 4 members (excludes halogenated alkanes) is 3. The van der Waals surface area contributed by atoms with Crippen LogP contribution in [-0.4, -0.2) is 42.8 Å². The predicted octanol–water partition coefficient (Wildman–Crippen LogP) is 5.15. The number of ether oxygens (including phenoxy) is 2. The highest BCUT2D eigenvalue weighted by Crippen LogP contribution is 2.51. The number of hydrogen-bond donors (Lipinski definition) is 0. The smallest absolute Gasteiger partial charge is 0.461 e. The number of hydrogen-bond acceptors (Lipinski definition) is 3. The third-order valence-corrected chi connectivity index (χ3v) is 2.85. The van der Waals surface area contributed by atoms with Gasteiger partial charge < -0.3 is 4.74 Å². The molecule has 0 unspecified atom stereocenters. The number of halogens is 11. The van der Waals surface area contributed by atoms with E-state index in [1.807, 2.05) is 0 Å². The van der Waals surface area contributed by atoms with E-state index in [9.17, 15) is 53.1 Å². The van der Waals surface area contributed by atoms with E-state index in [4.69, 9.17) is 0 Å². The van der Waals surface area contributed by atoms with E-state index in [0.29, 0.717) is 12.8 Å². The molecule has 0 saturated heterocycles. The van der Waals surface area contributed by atoms with Gasteiger partial charge in [0.05, 0.1) is 6.61 Å². The summed E-state index contributed by atoms with van der Waals surface area (Å²) in [4.78, 5) is 11.1. The molecule has 0 saturated carbocycles. The molecule has 0 rings (SSSR count). The SMILES string of the molecule is CCCCCCOC(=O)[C@](F)(OC(F)(F)C(F)(F)C(F)(F)F)C(F)(F)F. The average Bonchev–Trinajstić information content (AvgIpc) is 2.43. The molecule has 3 nitrogen and oxygen atoms in total. The fraction of sp³-hybridized carbons (Fsp3) is 0.917. The molecule has 0 aromatic carbocycles. The number of carbonyl (C=O) groups excluding carboxylic acids is 1. The minimum atomic E-state index is -7.22. The van der Waals surface area contributed by atoms with Gasteiger partial charge in [0.25, 0.3) is 0 Å². The molecular weight excluding hydrogens is 401 g/mol. The van der Waals surface area contributed by atoms with Gasteiger partial charge in [-0.3, -0.25) is 4.74 Å². The Morgan fingerprint density at radius 1 is 0.769 bits per heavy atom. The second-order valence-corrected chi connectivity index (χ2v) is 4.98. The summed E-state index contributed by atoms with van der Waals surface area (Å²) in [5, 5.41) is 0. The van der Waals surface area contributed by atoms with Crippen LogP contribution in [-0.2, 0) is 14.3 Å². The van der Waals surface area contributed by atoms with Crippen molar-refractivity contribution in [2.24, 2.45) is 0 Å². The summed E-state index contributed by atoms with van der Waals surface area (Å²) in [6, 6.07) is 0. The molecule has 14 heteroatoms. The summed E-state index contributed by atoms with van der Waals surface area (Å²) in [6.45, 7) is 0.796. The van der Waals surface area contributed by atoms with Crippen LogP contribution in [0.4, 0.5) is 48.3 Å². The monoisotopic (exact) mass is 414 g/mol. The van der Waals surface area contributed by atoms with Gasteiger partial charge >= 0.3 is 36.2 Å². The van der Waals surface area contributed by atoms with Gasteiger partial charge in [0.2, 0.25) is 0 Å². The highest BCUT2D eigenvalue weighted by atomic mass is 19.4. The van der Waals surface area contributed by atoms with E-state index in [1.54, 1.807) is 6.92 Å². The number of rotatable bonds is 9. The summed E-state index contributed by atoms with van der Waals surface area (Å²) < 4.78 is 144. The van der Waals surface area contributed by atoms with Crippen LogP contribution in [0.25, 0.3) is 0 Å². The first-order chi connectivity index (χ1) is 11.4.